The minimum absolute atomic E-state index is 0.175. The van der Waals surface area contributed by atoms with Gasteiger partial charge in [0.25, 0.3) is 0 Å². The average Bonchev–Trinajstić information content (AvgIpc) is 2.87. The third-order valence-corrected chi connectivity index (χ3v) is 6.45. The molecule has 0 aliphatic carbocycles. The summed E-state index contributed by atoms with van der Waals surface area (Å²) >= 11 is 0. The summed E-state index contributed by atoms with van der Waals surface area (Å²) in [6, 6.07) is 5.00. The first-order valence-electron chi connectivity index (χ1n) is 14.8. The molecular formula is C31H53N5O5. The van der Waals surface area contributed by atoms with Crippen LogP contribution in [0.15, 0.2) is 24.3 Å². The topological polar surface area (TPSA) is 152 Å². The van der Waals surface area contributed by atoms with Gasteiger partial charge in [0.15, 0.2) is 0 Å². The second kappa shape index (κ2) is 18.3. The van der Waals surface area contributed by atoms with Gasteiger partial charge in [-0.2, -0.15) is 0 Å². The quantitative estimate of drug-likeness (QED) is 0.162. The van der Waals surface area contributed by atoms with Crippen LogP contribution in [-0.2, 0) is 25.7 Å². The van der Waals surface area contributed by atoms with Crippen molar-refractivity contribution in [3.05, 3.63) is 29.8 Å². The Morgan fingerprint density at radius 3 is 2.07 bits per heavy atom. The zero-order chi connectivity index (χ0) is 31.0. The van der Waals surface area contributed by atoms with Gasteiger partial charge in [0, 0.05) is 18.7 Å². The number of ether oxygens (including phenoxy) is 1. The van der Waals surface area contributed by atoms with E-state index in [-0.39, 0.29) is 30.4 Å². The largest absolute Gasteiger partial charge is 0.371 e. The molecule has 10 nitrogen and oxygen atoms in total. The Labute approximate surface area is 246 Å². The molecule has 0 aliphatic rings. The fourth-order valence-corrected chi connectivity index (χ4v) is 4.06. The Balaban J connectivity index is 2.83. The Kier molecular flexibility index (Phi) is 16.0. The molecule has 0 aliphatic heterocycles. The third kappa shape index (κ3) is 16.7. The molecule has 1 aromatic rings. The predicted molar refractivity (Wildman–Crippen MR) is 163 cm³/mol. The van der Waals surface area contributed by atoms with Gasteiger partial charge >= 0.3 is 6.03 Å². The number of primary amides is 1. The van der Waals surface area contributed by atoms with Crippen LogP contribution in [0, 0.1) is 11.8 Å². The minimum Gasteiger partial charge on any atom is -0.371 e. The molecular weight excluding hydrogens is 522 g/mol. The van der Waals surface area contributed by atoms with E-state index in [9.17, 15) is 19.2 Å². The maximum atomic E-state index is 13.3. The normalized spacial score (nSPS) is 13.0. The van der Waals surface area contributed by atoms with Crippen molar-refractivity contribution in [1.82, 2.24) is 16.0 Å². The first-order valence-corrected chi connectivity index (χ1v) is 14.8. The van der Waals surface area contributed by atoms with Crippen LogP contribution in [0.25, 0.3) is 0 Å². The Hall–Kier alpha value is -3.14. The zero-order valence-corrected chi connectivity index (χ0v) is 26.1. The predicted octanol–water partition coefficient (Wildman–Crippen LogP) is 4.62. The number of amides is 5. The van der Waals surface area contributed by atoms with Crippen molar-refractivity contribution in [1.29, 1.82) is 0 Å². The van der Waals surface area contributed by atoms with Gasteiger partial charge in [-0.1, -0.05) is 59.1 Å². The molecule has 41 heavy (non-hydrogen) atoms. The van der Waals surface area contributed by atoms with E-state index in [1.807, 2.05) is 46.8 Å². The number of nitrogens with two attached hydrogens (primary N) is 1. The van der Waals surface area contributed by atoms with Crippen molar-refractivity contribution >= 4 is 29.4 Å². The number of anilines is 1. The molecule has 0 saturated heterocycles. The highest BCUT2D eigenvalue weighted by molar-refractivity contribution is 5.98. The lowest BCUT2D eigenvalue weighted by molar-refractivity contribution is -0.132. The standard InChI is InChI=1S/C31H53N5O5/c1-21(2)12-9-8-10-14-26(37)36-27(22(3)4)29(39)35-25(13-11-19-33-30(32)40)28(38)34-24-17-15-23(16-18-24)20-41-31(5,6)7/h15-18,21-22,25,27H,8-14,19-20H2,1-7H3,(H,34,38)(H,35,39)(H,36,37)(H3,32,33,40)/t25-,27-/m0/s1. The van der Waals surface area contributed by atoms with Crippen LogP contribution in [0.3, 0.4) is 0 Å². The Morgan fingerprint density at radius 1 is 0.854 bits per heavy atom. The first kappa shape index (κ1) is 35.9. The molecule has 232 valence electrons. The highest BCUT2D eigenvalue weighted by Crippen LogP contribution is 2.16. The van der Waals surface area contributed by atoms with Gasteiger partial charge in [-0.25, -0.2) is 4.79 Å². The van der Waals surface area contributed by atoms with Crippen molar-refractivity contribution in [2.45, 2.75) is 118 Å². The molecule has 0 radical (unpaired) electrons. The summed E-state index contributed by atoms with van der Waals surface area (Å²) in [5, 5.41) is 11.0. The second-order valence-electron chi connectivity index (χ2n) is 12.4. The molecule has 6 N–H and O–H groups in total. The lowest BCUT2D eigenvalue weighted by Crippen LogP contribution is -2.54. The van der Waals surface area contributed by atoms with Crippen LogP contribution >= 0.6 is 0 Å². The van der Waals surface area contributed by atoms with Crippen molar-refractivity contribution in [3.63, 3.8) is 0 Å². The monoisotopic (exact) mass is 575 g/mol. The van der Waals surface area contributed by atoms with Gasteiger partial charge in [0.05, 0.1) is 12.2 Å². The van der Waals surface area contributed by atoms with Crippen LogP contribution in [-0.4, -0.2) is 48.0 Å². The Morgan fingerprint density at radius 2 is 1.51 bits per heavy atom. The maximum absolute atomic E-state index is 13.3. The van der Waals surface area contributed by atoms with Gasteiger partial charge < -0.3 is 31.7 Å². The summed E-state index contributed by atoms with van der Waals surface area (Å²) in [6.07, 6.45) is 4.98. The lowest BCUT2D eigenvalue weighted by Gasteiger charge is -2.25. The van der Waals surface area contributed by atoms with Gasteiger partial charge in [0.2, 0.25) is 17.7 Å². The molecule has 0 heterocycles. The van der Waals surface area contributed by atoms with Gasteiger partial charge in [-0.05, 0) is 69.6 Å². The number of rotatable bonds is 18. The molecule has 0 spiro atoms. The number of nitrogens with one attached hydrogen (secondary N) is 4. The average molecular weight is 576 g/mol. The first-order chi connectivity index (χ1) is 19.2. The minimum atomic E-state index is -0.879. The van der Waals surface area contributed by atoms with E-state index in [0.29, 0.717) is 31.1 Å². The second-order valence-corrected chi connectivity index (χ2v) is 12.4. The summed E-state index contributed by atoms with van der Waals surface area (Å²) in [4.78, 5) is 50.1. The van der Waals surface area contributed by atoms with Crippen molar-refractivity contribution in [2.75, 3.05) is 11.9 Å². The van der Waals surface area contributed by atoms with Crippen molar-refractivity contribution < 1.29 is 23.9 Å². The number of unbranched alkanes of at least 4 members (excludes halogenated alkanes) is 2. The summed E-state index contributed by atoms with van der Waals surface area (Å²) < 4.78 is 5.80. The number of urea groups is 1. The summed E-state index contributed by atoms with van der Waals surface area (Å²) in [5.74, 6) is -0.531. The molecule has 0 saturated carbocycles. The highest BCUT2D eigenvalue weighted by atomic mass is 16.5. The molecule has 0 unspecified atom stereocenters. The van der Waals surface area contributed by atoms with Crippen LogP contribution < -0.4 is 27.0 Å². The van der Waals surface area contributed by atoms with E-state index in [2.05, 4.69) is 35.1 Å². The summed E-state index contributed by atoms with van der Waals surface area (Å²) in [6.45, 7) is 14.7. The molecule has 0 bridgehead atoms. The number of hydrogen-bond acceptors (Lipinski definition) is 5. The number of carbonyl (C=O) groups excluding carboxylic acids is 4. The van der Waals surface area contributed by atoms with E-state index >= 15 is 0 Å². The zero-order valence-electron chi connectivity index (χ0n) is 26.1. The van der Waals surface area contributed by atoms with E-state index in [4.69, 9.17) is 10.5 Å². The van der Waals surface area contributed by atoms with E-state index in [1.165, 1.54) is 0 Å². The van der Waals surface area contributed by atoms with Crippen molar-refractivity contribution in [2.24, 2.45) is 17.6 Å². The van der Waals surface area contributed by atoms with Crippen LogP contribution in [0.4, 0.5) is 10.5 Å². The van der Waals surface area contributed by atoms with Crippen LogP contribution in [0.1, 0.15) is 99.0 Å². The summed E-state index contributed by atoms with van der Waals surface area (Å²) in [5.41, 5.74) is 6.43. The molecule has 10 heteroatoms. The summed E-state index contributed by atoms with van der Waals surface area (Å²) in [7, 11) is 0. The molecule has 2 atom stereocenters. The van der Waals surface area contributed by atoms with Gasteiger partial charge in [-0.3, -0.25) is 14.4 Å². The van der Waals surface area contributed by atoms with E-state index < -0.39 is 29.9 Å². The molecule has 1 rings (SSSR count). The Bertz CT molecular complexity index is 957. The number of carbonyl (C=O) groups is 4. The fraction of sp³-hybridized carbons (Fsp3) is 0.677. The smallest absolute Gasteiger partial charge is 0.312 e. The third-order valence-electron chi connectivity index (χ3n) is 6.45. The van der Waals surface area contributed by atoms with Crippen LogP contribution in [0.2, 0.25) is 0 Å². The molecule has 1 aromatic carbocycles. The van der Waals surface area contributed by atoms with Crippen molar-refractivity contribution in [3.8, 4) is 0 Å². The molecule has 5 amide bonds. The number of hydrogen-bond donors (Lipinski definition) is 5. The molecule has 0 fully saturated rings. The van der Waals surface area contributed by atoms with Gasteiger partial charge in [-0.15, -0.1) is 0 Å². The highest BCUT2D eigenvalue weighted by Gasteiger charge is 2.28. The van der Waals surface area contributed by atoms with E-state index in [0.717, 1.165) is 31.2 Å². The van der Waals surface area contributed by atoms with Crippen LogP contribution in [0.5, 0.6) is 0 Å². The SMILES string of the molecule is CC(C)CCCCCC(=O)N[C@H](C(=O)N[C@@H](CCCNC(N)=O)C(=O)Nc1ccc(COC(C)(C)C)cc1)C(C)C. The lowest BCUT2D eigenvalue weighted by atomic mass is 10.0. The fourth-order valence-electron chi connectivity index (χ4n) is 4.06. The maximum Gasteiger partial charge on any atom is 0.312 e. The molecule has 0 aromatic heterocycles. The van der Waals surface area contributed by atoms with Gasteiger partial charge in [0.1, 0.15) is 12.1 Å². The number of benzene rings is 1. The van der Waals surface area contributed by atoms with E-state index in [1.54, 1.807) is 12.1 Å².